The van der Waals surface area contributed by atoms with Crippen molar-refractivity contribution in [1.29, 1.82) is 0 Å². The first-order valence-electron chi connectivity index (χ1n) is 8.10. The molecule has 5 heteroatoms. The Kier molecular flexibility index (Phi) is 4.75. The first kappa shape index (κ1) is 16.6. The largest absolute Gasteiger partial charge is 0.346 e. The zero-order valence-electron chi connectivity index (χ0n) is 14.1. The Hall–Kier alpha value is -3.21. The summed E-state index contributed by atoms with van der Waals surface area (Å²) in [6.45, 7) is 3.58. The van der Waals surface area contributed by atoms with E-state index in [0.717, 1.165) is 27.1 Å². The number of amides is 2. The smallest absolute Gasteiger partial charge is 0.329 e. The summed E-state index contributed by atoms with van der Waals surface area (Å²) in [6.07, 6.45) is 1.59. The minimum atomic E-state index is -0.783. The first-order chi connectivity index (χ1) is 12.1. The molecule has 126 valence electrons. The van der Waals surface area contributed by atoms with Crippen molar-refractivity contribution in [1.82, 2.24) is 10.7 Å². The highest BCUT2D eigenvalue weighted by Crippen LogP contribution is 2.27. The summed E-state index contributed by atoms with van der Waals surface area (Å²) in [7, 11) is 0. The second kappa shape index (κ2) is 7.13. The van der Waals surface area contributed by atoms with Crippen molar-refractivity contribution in [3.05, 3.63) is 60.2 Å². The molecule has 2 amide bonds. The van der Waals surface area contributed by atoms with Crippen LogP contribution in [0.15, 0.2) is 59.7 Å². The lowest BCUT2D eigenvalue weighted by atomic mass is 9.97. The first-order valence-corrected chi connectivity index (χ1v) is 8.10. The van der Waals surface area contributed by atoms with Gasteiger partial charge >= 0.3 is 11.8 Å². The monoisotopic (exact) mass is 333 g/mol. The quantitative estimate of drug-likeness (QED) is 0.335. The molecule has 0 aromatic heterocycles. The fraction of sp³-hybridized carbons (Fsp3) is 0.150. The van der Waals surface area contributed by atoms with E-state index < -0.39 is 11.8 Å². The SMILES string of the molecule is CC(C)NC(=O)C(=O)N/N=C/c1c2ccccc2cc2ccccc12. The van der Waals surface area contributed by atoms with Gasteiger partial charge in [0, 0.05) is 11.6 Å². The average molecular weight is 333 g/mol. The van der Waals surface area contributed by atoms with Gasteiger partial charge < -0.3 is 5.32 Å². The van der Waals surface area contributed by atoms with Crippen molar-refractivity contribution in [3.63, 3.8) is 0 Å². The predicted molar refractivity (Wildman–Crippen MR) is 100 cm³/mol. The highest BCUT2D eigenvalue weighted by Gasteiger charge is 2.13. The third kappa shape index (κ3) is 3.66. The van der Waals surface area contributed by atoms with Gasteiger partial charge in [0.2, 0.25) is 0 Å². The van der Waals surface area contributed by atoms with Crippen LogP contribution in [-0.4, -0.2) is 24.1 Å². The lowest BCUT2D eigenvalue weighted by Crippen LogP contribution is -2.41. The molecule has 3 aromatic rings. The zero-order chi connectivity index (χ0) is 17.8. The second-order valence-corrected chi connectivity index (χ2v) is 6.06. The predicted octanol–water partition coefficient (Wildman–Crippen LogP) is 2.97. The molecule has 0 spiro atoms. The molecule has 0 atom stereocenters. The van der Waals surface area contributed by atoms with Gasteiger partial charge in [-0.25, -0.2) is 5.43 Å². The van der Waals surface area contributed by atoms with E-state index in [1.807, 2.05) is 48.5 Å². The Labute approximate surface area is 145 Å². The number of hydrogen-bond acceptors (Lipinski definition) is 3. The van der Waals surface area contributed by atoms with Crippen LogP contribution in [0.4, 0.5) is 0 Å². The van der Waals surface area contributed by atoms with Crippen LogP contribution in [0.5, 0.6) is 0 Å². The maximum absolute atomic E-state index is 11.8. The number of hydrogen-bond donors (Lipinski definition) is 2. The zero-order valence-corrected chi connectivity index (χ0v) is 14.1. The molecule has 0 saturated heterocycles. The van der Waals surface area contributed by atoms with Crippen molar-refractivity contribution in [2.75, 3.05) is 0 Å². The number of rotatable bonds is 3. The number of fused-ring (bicyclic) bond motifs is 2. The number of carbonyl (C=O) groups excluding carboxylic acids is 2. The lowest BCUT2D eigenvalue weighted by molar-refractivity contribution is -0.139. The Morgan fingerprint density at radius 3 is 2.04 bits per heavy atom. The summed E-state index contributed by atoms with van der Waals surface area (Å²) in [5.41, 5.74) is 3.19. The molecule has 0 aliphatic rings. The van der Waals surface area contributed by atoms with Crippen LogP contribution in [0, 0.1) is 0 Å². The number of nitrogens with zero attached hydrogens (tertiary/aromatic N) is 1. The molecular formula is C20H19N3O2. The highest BCUT2D eigenvalue weighted by molar-refractivity contribution is 6.35. The van der Waals surface area contributed by atoms with Gasteiger partial charge in [-0.3, -0.25) is 9.59 Å². The van der Waals surface area contributed by atoms with E-state index in [1.54, 1.807) is 20.1 Å². The molecule has 5 nitrogen and oxygen atoms in total. The van der Waals surface area contributed by atoms with Crippen molar-refractivity contribution in [3.8, 4) is 0 Å². The van der Waals surface area contributed by atoms with Crippen LogP contribution in [0.2, 0.25) is 0 Å². The maximum atomic E-state index is 11.8. The standard InChI is InChI=1S/C20H19N3O2/c1-13(2)22-19(24)20(25)23-21-12-18-16-9-5-3-7-14(16)11-15-8-4-6-10-17(15)18/h3-13H,1-2H3,(H,22,24)(H,23,25)/b21-12+. The van der Waals surface area contributed by atoms with Crippen molar-refractivity contribution < 1.29 is 9.59 Å². The molecule has 0 aliphatic heterocycles. The maximum Gasteiger partial charge on any atom is 0.329 e. The summed E-state index contributed by atoms with van der Waals surface area (Å²) >= 11 is 0. The number of benzene rings is 3. The Morgan fingerprint density at radius 2 is 1.48 bits per heavy atom. The molecule has 0 saturated carbocycles. The molecule has 0 bridgehead atoms. The van der Waals surface area contributed by atoms with Gasteiger partial charge in [-0.1, -0.05) is 48.5 Å². The fourth-order valence-corrected chi connectivity index (χ4v) is 2.72. The number of carbonyl (C=O) groups is 2. The van der Waals surface area contributed by atoms with Crippen LogP contribution < -0.4 is 10.7 Å². The highest BCUT2D eigenvalue weighted by atomic mass is 16.2. The average Bonchev–Trinajstić information content (AvgIpc) is 2.60. The van der Waals surface area contributed by atoms with E-state index in [1.165, 1.54) is 0 Å². The normalized spacial score (nSPS) is 11.3. The third-order valence-electron chi connectivity index (χ3n) is 3.80. The summed E-state index contributed by atoms with van der Waals surface area (Å²) in [5.74, 6) is -1.48. The van der Waals surface area contributed by atoms with Crippen LogP contribution in [0.3, 0.4) is 0 Å². The minimum absolute atomic E-state index is 0.107. The van der Waals surface area contributed by atoms with Gasteiger partial charge in [-0.15, -0.1) is 0 Å². The van der Waals surface area contributed by atoms with Crippen LogP contribution in [-0.2, 0) is 9.59 Å². The van der Waals surface area contributed by atoms with Gasteiger partial charge in [0.05, 0.1) is 6.21 Å². The van der Waals surface area contributed by atoms with Crippen molar-refractivity contribution >= 4 is 39.6 Å². The molecule has 0 heterocycles. The molecule has 0 radical (unpaired) electrons. The molecule has 3 rings (SSSR count). The van der Waals surface area contributed by atoms with Gasteiger partial charge in [0.25, 0.3) is 0 Å². The summed E-state index contributed by atoms with van der Waals surface area (Å²) in [6, 6.07) is 18.0. The van der Waals surface area contributed by atoms with Gasteiger partial charge in [0.1, 0.15) is 0 Å². The third-order valence-corrected chi connectivity index (χ3v) is 3.80. The molecule has 2 N–H and O–H groups in total. The number of nitrogens with one attached hydrogen (secondary N) is 2. The Bertz CT molecular complexity index is 923. The topological polar surface area (TPSA) is 70.6 Å². The van der Waals surface area contributed by atoms with Crippen molar-refractivity contribution in [2.24, 2.45) is 5.10 Å². The number of hydrazone groups is 1. The van der Waals surface area contributed by atoms with Gasteiger partial charge in [0.15, 0.2) is 0 Å². The summed E-state index contributed by atoms with van der Waals surface area (Å²) in [5, 5.41) is 10.8. The molecule has 3 aromatic carbocycles. The van der Waals surface area contributed by atoms with Gasteiger partial charge in [-0.2, -0.15) is 5.10 Å². The van der Waals surface area contributed by atoms with Crippen LogP contribution >= 0.6 is 0 Å². The summed E-state index contributed by atoms with van der Waals surface area (Å²) < 4.78 is 0. The van der Waals surface area contributed by atoms with E-state index >= 15 is 0 Å². The van der Waals surface area contributed by atoms with Crippen LogP contribution in [0.1, 0.15) is 19.4 Å². The minimum Gasteiger partial charge on any atom is -0.346 e. The van der Waals surface area contributed by atoms with Gasteiger partial charge in [-0.05, 0) is 41.5 Å². The summed E-state index contributed by atoms with van der Waals surface area (Å²) in [4.78, 5) is 23.4. The molecule has 25 heavy (non-hydrogen) atoms. The van der Waals surface area contributed by atoms with E-state index in [4.69, 9.17) is 0 Å². The van der Waals surface area contributed by atoms with Crippen LogP contribution in [0.25, 0.3) is 21.5 Å². The Balaban J connectivity index is 1.94. The van der Waals surface area contributed by atoms with Crippen molar-refractivity contribution in [2.45, 2.75) is 19.9 Å². The lowest BCUT2D eigenvalue weighted by Gasteiger charge is -2.08. The van der Waals surface area contributed by atoms with E-state index in [2.05, 4.69) is 21.9 Å². The van der Waals surface area contributed by atoms with E-state index in [-0.39, 0.29) is 6.04 Å². The molecule has 0 aliphatic carbocycles. The Morgan fingerprint density at radius 1 is 0.920 bits per heavy atom. The fourth-order valence-electron chi connectivity index (χ4n) is 2.72. The molecule has 0 fully saturated rings. The van der Waals surface area contributed by atoms with E-state index in [9.17, 15) is 9.59 Å². The molecular weight excluding hydrogens is 314 g/mol. The molecule has 0 unspecified atom stereocenters. The van der Waals surface area contributed by atoms with E-state index in [0.29, 0.717) is 0 Å². The second-order valence-electron chi connectivity index (χ2n) is 6.06.